The second-order valence-corrected chi connectivity index (χ2v) is 5.61. The van der Waals surface area contributed by atoms with Crippen LogP contribution in [0, 0.1) is 23.7 Å². The van der Waals surface area contributed by atoms with Crippen molar-refractivity contribution in [1.29, 1.82) is 0 Å². The molecular formula is C16H26O. The van der Waals surface area contributed by atoms with E-state index in [0.717, 1.165) is 30.1 Å². The predicted molar refractivity (Wildman–Crippen MR) is 72.7 cm³/mol. The summed E-state index contributed by atoms with van der Waals surface area (Å²) in [4.78, 5) is 0. The molecule has 0 saturated heterocycles. The summed E-state index contributed by atoms with van der Waals surface area (Å²) in [5, 5.41) is 9.18. The monoisotopic (exact) mass is 234 g/mol. The van der Waals surface area contributed by atoms with E-state index < -0.39 is 0 Å². The third kappa shape index (κ3) is 2.82. The molecule has 0 spiro atoms. The van der Waals surface area contributed by atoms with Crippen molar-refractivity contribution in [3.63, 3.8) is 0 Å². The van der Waals surface area contributed by atoms with Crippen molar-refractivity contribution in [3.8, 4) is 0 Å². The first kappa shape index (κ1) is 12.9. The summed E-state index contributed by atoms with van der Waals surface area (Å²) in [6.07, 6.45) is 16.9. The number of allylic oxidation sites excluding steroid dienone is 4. The molecule has 17 heavy (non-hydrogen) atoms. The summed E-state index contributed by atoms with van der Waals surface area (Å²) in [6, 6.07) is 0. The largest absolute Gasteiger partial charge is 0.396 e. The van der Waals surface area contributed by atoms with Gasteiger partial charge in [-0.15, -0.1) is 0 Å². The molecule has 0 aliphatic heterocycles. The molecule has 96 valence electrons. The van der Waals surface area contributed by atoms with Gasteiger partial charge in [-0.25, -0.2) is 0 Å². The summed E-state index contributed by atoms with van der Waals surface area (Å²) in [7, 11) is 0. The zero-order chi connectivity index (χ0) is 12.1. The van der Waals surface area contributed by atoms with Crippen LogP contribution in [0.1, 0.15) is 45.4 Å². The quantitative estimate of drug-likeness (QED) is 0.661. The van der Waals surface area contributed by atoms with Crippen LogP contribution in [0.5, 0.6) is 0 Å². The normalized spacial score (nSPS) is 34.5. The number of fused-ring (bicyclic) bond motifs is 1. The SMILES string of the molecule is CCCCCC[C@@H]1[C@H]2C=CC=C[C@H]2[C@H]1CCO. The number of aliphatic hydroxyl groups is 1. The number of hydrogen-bond acceptors (Lipinski definition) is 1. The van der Waals surface area contributed by atoms with E-state index in [1.54, 1.807) is 0 Å². The first-order valence-corrected chi connectivity index (χ1v) is 7.34. The minimum absolute atomic E-state index is 0.358. The lowest BCUT2D eigenvalue weighted by molar-refractivity contribution is 0.0141. The highest BCUT2D eigenvalue weighted by Gasteiger charge is 2.46. The zero-order valence-corrected chi connectivity index (χ0v) is 11.0. The average molecular weight is 234 g/mol. The van der Waals surface area contributed by atoms with Crippen molar-refractivity contribution >= 4 is 0 Å². The number of aliphatic hydroxyl groups excluding tert-OH is 1. The summed E-state index contributed by atoms with van der Waals surface area (Å²) in [6.45, 7) is 2.62. The molecule has 0 heterocycles. The van der Waals surface area contributed by atoms with Gasteiger partial charge in [-0.05, 0) is 36.5 Å². The highest BCUT2D eigenvalue weighted by molar-refractivity contribution is 5.21. The Labute approximate surface area is 106 Å². The molecule has 4 atom stereocenters. The van der Waals surface area contributed by atoms with E-state index in [9.17, 15) is 5.11 Å². The molecule has 2 aliphatic carbocycles. The number of rotatable bonds is 7. The Morgan fingerprint density at radius 1 is 0.882 bits per heavy atom. The van der Waals surface area contributed by atoms with E-state index in [0.29, 0.717) is 6.61 Å². The molecule has 1 fully saturated rings. The van der Waals surface area contributed by atoms with Gasteiger partial charge >= 0.3 is 0 Å². The topological polar surface area (TPSA) is 20.2 Å². The Morgan fingerprint density at radius 2 is 1.53 bits per heavy atom. The van der Waals surface area contributed by atoms with Crippen LogP contribution in [0.3, 0.4) is 0 Å². The molecule has 0 aromatic carbocycles. The van der Waals surface area contributed by atoms with Crippen molar-refractivity contribution in [2.75, 3.05) is 6.61 Å². The van der Waals surface area contributed by atoms with E-state index in [-0.39, 0.29) is 0 Å². The second kappa shape index (κ2) is 6.39. The minimum Gasteiger partial charge on any atom is -0.396 e. The van der Waals surface area contributed by atoms with E-state index in [4.69, 9.17) is 0 Å². The molecule has 0 radical (unpaired) electrons. The van der Waals surface area contributed by atoms with Gasteiger partial charge in [0, 0.05) is 6.61 Å². The Kier molecular flexibility index (Phi) is 4.85. The lowest BCUT2D eigenvalue weighted by atomic mass is 9.53. The van der Waals surface area contributed by atoms with Crippen molar-refractivity contribution in [1.82, 2.24) is 0 Å². The van der Waals surface area contributed by atoms with Crippen molar-refractivity contribution < 1.29 is 5.11 Å². The zero-order valence-electron chi connectivity index (χ0n) is 11.0. The van der Waals surface area contributed by atoms with E-state index in [1.807, 2.05) is 0 Å². The summed E-state index contributed by atoms with van der Waals surface area (Å²) >= 11 is 0. The molecule has 0 bridgehead atoms. The molecular weight excluding hydrogens is 208 g/mol. The minimum atomic E-state index is 0.358. The highest BCUT2D eigenvalue weighted by atomic mass is 16.3. The lowest BCUT2D eigenvalue weighted by Crippen LogP contribution is -2.46. The second-order valence-electron chi connectivity index (χ2n) is 5.61. The number of hydrogen-bond donors (Lipinski definition) is 1. The van der Waals surface area contributed by atoms with Crippen LogP contribution in [0.15, 0.2) is 24.3 Å². The van der Waals surface area contributed by atoms with Crippen LogP contribution >= 0.6 is 0 Å². The average Bonchev–Trinajstić information content (AvgIpc) is 2.36. The third-order valence-electron chi connectivity index (χ3n) is 4.61. The summed E-state index contributed by atoms with van der Waals surface area (Å²) < 4.78 is 0. The maximum Gasteiger partial charge on any atom is 0.0433 e. The van der Waals surface area contributed by atoms with Crippen LogP contribution in [-0.4, -0.2) is 11.7 Å². The van der Waals surface area contributed by atoms with Crippen LogP contribution in [0.4, 0.5) is 0 Å². The van der Waals surface area contributed by atoms with Gasteiger partial charge in [-0.1, -0.05) is 56.9 Å². The smallest absolute Gasteiger partial charge is 0.0433 e. The summed E-state index contributed by atoms with van der Waals surface area (Å²) in [5.74, 6) is 3.08. The molecule has 0 aromatic rings. The molecule has 0 amide bonds. The van der Waals surface area contributed by atoms with Crippen LogP contribution in [0.25, 0.3) is 0 Å². The van der Waals surface area contributed by atoms with Gasteiger partial charge in [0.2, 0.25) is 0 Å². The molecule has 0 aromatic heterocycles. The molecule has 2 rings (SSSR count). The fourth-order valence-corrected chi connectivity index (χ4v) is 3.69. The highest BCUT2D eigenvalue weighted by Crippen LogP contribution is 2.52. The van der Waals surface area contributed by atoms with Crippen molar-refractivity contribution in [3.05, 3.63) is 24.3 Å². The van der Waals surface area contributed by atoms with Gasteiger partial charge in [0.25, 0.3) is 0 Å². The standard InChI is InChI=1S/C16H26O/c1-2-3-4-5-8-14-13-9-6-7-10-15(13)16(14)11-12-17/h6-7,9-10,13-17H,2-5,8,11-12H2,1H3/t13-,14-,15-,16+/m1/s1. The summed E-state index contributed by atoms with van der Waals surface area (Å²) in [5.41, 5.74) is 0. The predicted octanol–water partition coefficient (Wildman–Crippen LogP) is 3.94. The fraction of sp³-hybridized carbons (Fsp3) is 0.750. The van der Waals surface area contributed by atoms with Gasteiger partial charge in [-0.2, -0.15) is 0 Å². The van der Waals surface area contributed by atoms with Crippen LogP contribution in [-0.2, 0) is 0 Å². The maximum atomic E-state index is 9.18. The Morgan fingerprint density at radius 3 is 2.12 bits per heavy atom. The fourth-order valence-electron chi connectivity index (χ4n) is 3.69. The maximum absolute atomic E-state index is 9.18. The van der Waals surface area contributed by atoms with E-state index in [2.05, 4.69) is 31.2 Å². The molecule has 1 heteroatoms. The van der Waals surface area contributed by atoms with Crippen molar-refractivity contribution in [2.45, 2.75) is 45.4 Å². The molecule has 0 unspecified atom stereocenters. The van der Waals surface area contributed by atoms with Gasteiger partial charge in [0.05, 0.1) is 0 Å². The van der Waals surface area contributed by atoms with Crippen LogP contribution in [0.2, 0.25) is 0 Å². The lowest BCUT2D eigenvalue weighted by Gasteiger charge is -2.51. The first-order chi connectivity index (χ1) is 8.38. The van der Waals surface area contributed by atoms with Gasteiger partial charge in [0.15, 0.2) is 0 Å². The van der Waals surface area contributed by atoms with E-state index >= 15 is 0 Å². The Hall–Kier alpha value is -0.560. The van der Waals surface area contributed by atoms with Crippen molar-refractivity contribution in [2.24, 2.45) is 23.7 Å². The van der Waals surface area contributed by atoms with Crippen LogP contribution < -0.4 is 0 Å². The van der Waals surface area contributed by atoms with Gasteiger partial charge < -0.3 is 5.11 Å². The Bertz CT molecular complexity index is 279. The third-order valence-corrected chi connectivity index (χ3v) is 4.61. The van der Waals surface area contributed by atoms with E-state index in [1.165, 1.54) is 32.1 Å². The van der Waals surface area contributed by atoms with Gasteiger partial charge in [0.1, 0.15) is 0 Å². The molecule has 2 aliphatic rings. The molecule has 1 saturated carbocycles. The first-order valence-electron chi connectivity index (χ1n) is 7.34. The van der Waals surface area contributed by atoms with Gasteiger partial charge in [-0.3, -0.25) is 0 Å². The molecule has 1 N–H and O–H groups in total. The molecule has 1 nitrogen and oxygen atoms in total. The number of unbranched alkanes of at least 4 members (excludes halogenated alkanes) is 3. The Balaban J connectivity index is 1.82.